The molecular weight excluding hydrogens is 212 g/mol. The highest BCUT2D eigenvalue weighted by molar-refractivity contribution is 5.54. The number of aliphatic hydroxyl groups is 1. The summed E-state index contributed by atoms with van der Waals surface area (Å²) in [5.74, 6) is 0.564. The van der Waals surface area contributed by atoms with Gasteiger partial charge in [0.25, 0.3) is 5.69 Å². The lowest BCUT2D eigenvalue weighted by atomic mass is 10.3. The first kappa shape index (κ1) is 10.6. The molecule has 0 aromatic carbocycles. The number of anilines is 2. The Balaban J connectivity index is 2.30. The van der Waals surface area contributed by atoms with Crippen LogP contribution in [0.5, 0.6) is 0 Å². The molecule has 2 rings (SSSR count). The molecule has 1 aromatic rings. The molecule has 1 atom stereocenters. The maximum Gasteiger partial charge on any atom is 0.276 e. The van der Waals surface area contributed by atoms with E-state index in [0.29, 0.717) is 25.3 Å². The van der Waals surface area contributed by atoms with Crippen molar-refractivity contribution in [1.82, 2.24) is 4.98 Å². The Labute approximate surface area is 91.7 Å². The van der Waals surface area contributed by atoms with Crippen molar-refractivity contribution in [2.75, 3.05) is 23.7 Å². The number of nitro groups is 1. The number of rotatable bonds is 2. The van der Waals surface area contributed by atoms with Gasteiger partial charge in [0.05, 0.1) is 23.2 Å². The number of nitrogen functional groups attached to an aromatic ring is 1. The van der Waals surface area contributed by atoms with Crippen molar-refractivity contribution in [1.29, 1.82) is 0 Å². The quantitative estimate of drug-likeness (QED) is 0.547. The van der Waals surface area contributed by atoms with Gasteiger partial charge in [-0.25, -0.2) is 4.98 Å². The number of nitrogens with zero attached hydrogens (tertiary/aromatic N) is 3. The van der Waals surface area contributed by atoms with Gasteiger partial charge in [-0.1, -0.05) is 0 Å². The van der Waals surface area contributed by atoms with Crippen LogP contribution in [0.4, 0.5) is 17.3 Å². The van der Waals surface area contributed by atoms with Crippen LogP contribution in [0.15, 0.2) is 12.1 Å². The molecule has 0 amide bonds. The first-order valence-corrected chi connectivity index (χ1v) is 4.91. The summed E-state index contributed by atoms with van der Waals surface area (Å²) in [6, 6.07) is 2.59. The Kier molecular flexibility index (Phi) is 2.61. The summed E-state index contributed by atoms with van der Waals surface area (Å²) in [4.78, 5) is 15.9. The average molecular weight is 224 g/mol. The molecule has 3 N–H and O–H groups in total. The fourth-order valence-corrected chi connectivity index (χ4v) is 1.74. The predicted octanol–water partition coefficient (Wildman–Crippen LogP) is 0.143. The fourth-order valence-electron chi connectivity index (χ4n) is 1.74. The predicted molar refractivity (Wildman–Crippen MR) is 58.1 cm³/mol. The van der Waals surface area contributed by atoms with E-state index in [4.69, 9.17) is 5.73 Å². The summed E-state index contributed by atoms with van der Waals surface area (Å²) in [5, 5.41) is 20.0. The molecule has 1 aliphatic heterocycles. The summed E-state index contributed by atoms with van der Waals surface area (Å²) in [6.45, 7) is 1.07. The van der Waals surface area contributed by atoms with E-state index in [1.165, 1.54) is 12.1 Å². The number of hydrogen-bond donors (Lipinski definition) is 2. The lowest BCUT2D eigenvalue weighted by Crippen LogP contribution is -2.22. The van der Waals surface area contributed by atoms with Gasteiger partial charge in [0.15, 0.2) is 0 Å². The third kappa shape index (κ3) is 2.03. The molecule has 1 aromatic heterocycles. The van der Waals surface area contributed by atoms with Gasteiger partial charge < -0.3 is 15.7 Å². The molecule has 1 fully saturated rings. The van der Waals surface area contributed by atoms with Crippen molar-refractivity contribution in [3.8, 4) is 0 Å². The Hall–Kier alpha value is -1.89. The van der Waals surface area contributed by atoms with Crippen LogP contribution in [-0.2, 0) is 0 Å². The Morgan fingerprint density at radius 3 is 2.94 bits per heavy atom. The van der Waals surface area contributed by atoms with Gasteiger partial charge in [0, 0.05) is 13.1 Å². The minimum atomic E-state index is -0.506. The fraction of sp³-hybridized carbons (Fsp3) is 0.444. The molecule has 2 heterocycles. The first-order valence-electron chi connectivity index (χ1n) is 4.91. The van der Waals surface area contributed by atoms with Gasteiger partial charge in [-0.2, -0.15) is 0 Å². The molecule has 0 spiro atoms. The number of β-amino-alcohol motifs (C(OH)–C–C–N with tert-alkyl or cyclic N) is 1. The van der Waals surface area contributed by atoms with Crippen molar-refractivity contribution in [3.63, 3.8) is 0 Å². The van der Waals surface area contributed by atoms with Crippen LogP contribution in [0, 0.1) is 10.1 Å². The molecule has 7 heteroatoms. The van der Waals surface area contributed by atoms with E-state index < -0.39 is 11.0 Å². The maximum atomic E-state index is 10.6. The molecule has 16 heavy (non-hydrogen) atoms. The van der Waals surface area contributed by atoms with Crippen LogP contribution in [0.3, 0.4) is 0 Å². The van der Waals surface area contributed by atoms with Crippen molar-refractivity contribution < 1.29 is 10.0 Å². The molecule has 0 bridgehead atoms. The van der Waals surface area contributed by atoms with Crippen LogP contribution in [0.2, 0.25) is 0 Å². The Morgan fingerprint density at radius 1 is 1.62 bits per heavy atom. The second-order valence-electron chi connectivity index (χ2n) is 3.75. The standard InChI is InChI=1S/C9H12N4O3/c10-8-3-6(13(15)16)4-9(11-8)12-2-1-7(14)5-12/h3-4,7,14H,1-2,5H2,(H2,10,11). The van der Waals surface area contributed by atoms with Crippen molar-refractivity contribution in [2.24, 2.45) is 0 Å². The Morgan fingerprint density at radius 2 is 2.38 bits per heavy atom. The maximum absolute atomic E-state index is 10.6. The summed E-state index contributed by atoms with van der Waals surface area (Å²) >= 11 is 0. The highest BCUT2D eigenvalue weighted by Crippen LogP contribution is 2.24. The van der Waals surface area contributed by atoms with Crippen LogP contribution in [-0.4, -0.2) is 34.2 Å². The van der Waals surface area contributed by atoms with E-state index in [1.54, 1.807) is 4.90 Å². The second kappa shape index (κ2) is 3.93. The first-order chi connectivity index (χ1) is 7.56. The van der Waals surface area contributed by atoms with E-state index >= 15 is 0 Å². The van der Waals surface area contributed by atoms with E-state index in [1.807, 2.05) is 0 Å². The van der Waals surface area contributed by atoms with Crippen molar-refractivity contribution in [3.05, 3.63) is 22.2 Å². The van der Waals surface area contributed by atoms with Gasteiger partial charge >= 0.3 is 0 Å². The highest BCUT2D eigenvalue weighted by Gasteiger charge is 2.23. The van der Waals surface area contributed by atoms with Crippen molar-refractivity contribution in [2.45, 2.75) is 12.5 Å². The summed E-state index contributed by atoms with van der Waals surface area (Å²) in [6.07, 6.45) is 0.242. The summed E-state index contributed by atoms with van der Waals surface area (Å²) < 4.78 is 0. The number of aliphatic hydroxyl groups excluding tert-OH is 1. The zero-order valence-electron chi connectivity index (χ0n) is 8.54. The van der Waals surface area contributed by atoms with Crippen molar-refractivity contribution >= 4 is 17.3 Å². The number of hydrogen-bond acceptors (Lipinski definition) is 6. The van der Waals surface area contributed by atoms with Crippen LogP contribution in [0.25, 0.3) is 0 Å². The third-order valence-electron chi connectivity index (χ3n) is 2.51. The van der Waals surface area contributed by atoms with Crippen LogP contribution >= 0.6 is 0 Å². The SMILES string of the molecule is Nc1cc([N+](=O)[O-])cc(N2CCC(O)C2)n1. The Bertz CT molecular complexity index is 423. The number of pyridine rings is 1. The highest BCUT2D eigenvalue weighted by atomic mass is 16.6. The summed E-state index contributed by atoms with van der Waals surface area (Å²) in [5.41, 5.74) is 5.42. The molecule has 0 saturated carbocycles. The number of nitrogens with two attached hydrogens (primary N) is 1. The molecule has 1 unspecified atom stereocenters. The normalized spacial score (nSPS) is 20.1. The molecule has 1 saturated heterocycles. The summed E-state index contributed by atoms with van der Waals surface area (Å²) in [7, 11) is 0. The van der Waals surface area contributed by atoms with Crippen LogP contribution < -0.4 is 10.6 Å². The largest absolute Gasteiger partial charge is 0.391 e. The van der Waals surface area contributed by atoms with E-state index in [-0.39, 0.29) is 11.5 Å². The van der Waals surface area contributed by atoms with Gasteiger partial charge in [0.2, 0.25) is 0 Å². The zero-order valence-corrected chi connectivity index (χ0v) is 8.54. The monoisotopic (exact) mass is 224 g/mol. The van der Waals surface area contributed by atoms with Crippen LogP contribution in [0.1, 0.15) is 6.42 Å². The molecule has 0 aliphatic carbocycles. The molecule has 0 radical (unpaired) electrons. The molecule has 1 aliphatic rings. The van der Waals surface area contributed by atoms with E-state index in [0.717, 1.165) is 0 Å². The minimum absolute atomic E-state index is 0.0797. The zero-order chi connectivity index (χ0) is 11.7. The topological polar surface area (TPSA) is 106 Å². The lowest BCUT2D eigenvalue weighted by Gasteiger charge is -2.16. The third-order valence-corrected chi connectivity index (χ3v) is 2.51. The molecule has 7 nitrogen and oxygen atoms in total. The molecular formula is C9H12N4O3. The van der Waals surface area contributed by atoms with Gasteiger partial charge in [-0.3, -0.25) is 10.1 Å². The number of aromatic nitrogens is 1. The average Bonchev–Trinajstić information content (AvgIpc) is 2.64. The smallest absolute Gasteiger partial charge is 0.276 e. The van der Waals surface area contributed by atoms with Gasteiger partial charge in [-0.05, 0) is 6.42 Å². The minimum Gasteiger partial charge on any atom is -0.391 e. The molecule has 86 valence electrons. The van der Waals surface area contributed by atoms with E-state index in [2.05, 4.69) is 4.98 Å². The van der Waals surface area contributed by atoms with E-state index in [9.17, 15) is 15.2 Å². The second-order valence-corrected chi connectivity index (χ2v) is 3.75. The lowest BCUT2D eigenvalue weighted by molar-refractivity contribution is -0.384. The van der Waals surface area contributed by atoms with Gasteiger partial charge in [0.1, 0.15) is 11.6 Å². The van der Waals surface area contributed by atoms with Gasteiger partial charge in [-0.15, -0.1) is 0 Å².